The topological polar surface area (TPSA) is 83.8 Å². The Morgan fingerprint density at radius 2 is 1.65 bits per heavy atom. The average Bonchev–Trinajstić information content (AvgIpc) is 3.16. The summed E-state index contributed by atoms with van der Waals surface area (Å²) in [7, 11) is -3.56. The molecule has 0 saturated carbocycles. The van der Waals surface area contributed by atoms with Crippen LogP contribution in [0.3, 0.4) is 0 Å². The van der Waals surface area contributed by atoms with Crippen molar-refractivity contribution < 1.29 is 13.2 Å². The first-order chi connectivity index (χ1) is 17.6. The maximum Gasteiger partial charge on any atom is 0.271 e. The van der Waals surface area contributed by atoms with Gasteiger partial charge in [-0.1, -0.05) is 41.9 Å². The van der Waals surface area contributed by atoms with Gasteiger partial charge in [-0.05, 0) is 74.0 Å². The molecule has 0 spiro atoms. The highest BCUT2D eigenvalue weighted by molar-refractivity contribution is 7.92. The fourth-order valence-electron chi connectivity index (χ4n) is 4.05. The van der Waals surface area contributed by atoms with Crippen LogP contribution in [-0.2, 0) is 16.6 Å². The van der Waals surface area contributed by atoms with Crippen LogP contribution in [-0.4, -0.2) is 31.4 Å². The molecular formula is C28H27ClN4O3S. The first kappa shape index (κ1) is 26.2. The lowest BCUT2D eigenvalue weighted by molar-refractivity contribution is 0.0955. The van der Waals surface area contributed by atoms with Crippen LogP contribution in [0.2, 0.25) is 5.02 Å². The molecule has 9 heteroatoms. The van der Waals surface area contributed by atoms with Gasteiger partial charge in [-0.15, -0.1) is 0 Å². The molecule has 0 atom stereocenters. The maximum atomic E-state index is 12.6. The summed E-state index contributed by atoms with van der Waals surface area (Å²) in [5.74, 6) is -0.400. The summed E-state index contributed by atoms with van der Waals surface area (Å²) in [5, 5.41) is 4.71. The molecule has 3 aromatic carbocycles. The molecular weight excluding hydrogens is 508 g/mol. The van der Waals surface area contributed by atoms with Crippen LogP contribution in [0.5, 0.6) is 0 Å². The Morgan fingerprint density at radius 3 is 2.27 bits per heavy atom. The number of rotatable bonds is 8. The molecule has 1 heterocycles. The van der Waals surface area contributed by atoms with Crippen LogP contribution in [0.25, 0.3) is 5.69 Å². The summed E-state index contributed by atoms with van der Waals surface area (Å²) in [6, 6.07) is 25.3. The van der Waals surface area contributed by atoms with Crippen molar-refractivity contribution in [2.24, 2.45) is 5.10 Å². The minimum Gasteiger partial charge on any atom is -0.318 e. The van der Waals surface area contributed by atoms with E-state index in [0.29, 0.717) is 16.3 Å². The average molecular weight is 535 g/mol. The van der Waals surface area contributed by atoms with E-state index >= 15 is 0 Å². The number of para-hydroxylation sites is 1. The van der Waals surface area contributed by atoms with Crippen molar-refractivity contribution in [3.63, 3.8) is 0 Å². The Kier molecular flexibility index (Phi) is 7.80. The smallest absolute Gasteiger partial charge is 0.271 e. The summed E-state index contributed by atoms with van der Waals surface area (Å²) in [4.78, 5) is 12.6. The standard InChI is InChI=1S/C28H27ClN4O3S/c1-20-17-24(21(2)33(20)27-7-5-4-6-8-27)18-30-31-28(34)23-11-15-26(16-12-23)32(37(3,35)36)19-22-9-13-25(29)14-10-22/h4-18H,19H2,1-3H3,(H,31,34)/b30-18-. The largest absolute Gasteiger partial charge is 0.318 e. The number of carbonyl (C=O) groups excluding carboxylic acids is 1. The zero-order valence-corrected chi connectivity index (χ0v) is 22.3. The molecule has 0 radical (unpaired) electrons. The number of hydrogen-bond acceptors (Lipinski definition) is 4. The number of nitrogens with zero attached hydrogens (tertiary/aromatic N) is 3. The summed E-state index contributed by atoms with van der Waals surface area (Å²) in [6.45, 7) is 4.16. The highest BCUT2D eigenvalue weighted by Crippen LogP contribution is 2.22. The van der Waals surface area contributed by atoms with Crippen LogP contribution < -0.4 is 9.73 Å². The molecule has 0 aliphatic rings. The molecule has 0 aliphatic heterocycles. The number of nitrogens with one attached hydrogen (secondary N) is 1. The summed E-state index contributed by atoms with van der Waals surface area (Å²) < 4.78 is 28.3. The van der Waals surface area contributed by atoms with Crippen molar-refractivity contribution in [2.45, 2.75) is 20.4 Å². The zero-order valence-electron chi connectivity index (χ0n) is 20.7. The number of sulfonamides is 1. The molecule has 0 aliphatic carbocycles. The van der Waals surface area contributed by atoms with E-state index in [1.54, 1.807) is 54.7 Å². The summed E-state index contributed by atoms with van der Waals surface area (Å²) in [5.41, 5.74) is 8.15. The molecule has 7 nitrogen and oxygen atoms in total. The number of halogens is 1. The third-order valence-corrected chi connectivity index (χ3v) is 7.30. The van der Waals surface area contributed by atoms with Gasteiger partial charge in [0.15, 0.2) is 0 Å². The highest BCUT2D eigenvalue weighted by atomic mass is 35.5. The van der Waals surface area contributed by atoms with Crippen LogP contribution in [0, 0.1) is 13.8 Å². The SMILES string of the molecule is Cc1cc(/C=N\NC(=O)c2ccc(N(Cc3ccc(Cl)cc3)S(C)(=O)=O)cc2)c(C)n1-c1ccccc1. The third kappa shape index (κ3) is 6.28. The second kappa shape index (κ2) is 11.0. The van der Waals surface area contributed by atoms with E-state index < -0.39 is 15.9 Å². The Morgan fingerprint density at radius 1 is 1.00 bits per heavy atom. The van der Waals surface area contributed by atoms with Gasteiger partial charge in [0.25, 0.3) is 5.91 Å². The van der Waals surface area contributed by atoms with Gasteiger partial charge in [-0.2, -0.15) is 5.10 Å². The Hall–Kier alpha value is -3.88. The van der Waals surface area contributed by atoms with Crippen LogP contribution in [0.1, 0.15) is 32.9 Å². The van der Waals surface area contributed by atoms with Crippen LogP contribution in [0.15, 0.2) is 90.0 Å². The predicted octanol–water partition coefficient (Wildman–Crippen LogP) is 5.48. The summed E-state index contributed by atoms with van der Waals surface area (Å²) in [6.07, 6.45) is 2.76. The third-order valence-electron chi connectivity index (χ3n) is 5.91. The molecule has 0 unspecified atom stereocenters. The van der Waals surface area contributed by atoms with E-state index in [0.717, 1.165) is 34.5 Å². The molecule has 0 fully saturated rings. The van der Waals surface area contributed by atoms with Gasteiger partial charge >= 0.3 is 0 Å². The van der Waals surface area contributed by atoms with Crippen molar-refractivity contribution in [1.29, 1.82) is 0 Å². The lowest BCUT2D eigenvalue weighted by atomic mass is 10.2. The number of aromatic nitrogens is 1. The molecule has 1 aromatic heterocycles. The number of amides is 1. The first-order valence-electron chi connectivity index (χ1n) is 11.5. The number of benzene rings is 3. The van der Waals surface area contributed by atoms with E-state index in [2.05, 4.69) is 15.1 Å². The Balaban J connectivity index is 1.46. The lowest BCUT2D eigenvalue weighted by Crippen LogP contribution is -2.29. The van der Waals surface area contributed by atoms with E-state index in [-0.39, 0.29) is 6.54 Å². The van der Waals surface area contributed by atoms with Crippen molar-refractivity contribution >= 4 is 39.4 Å². The lowest BCUT2D eigenvalue weighted by Gasteiger charge is -2.22. The molecule has 37 heavy (non-hydrogen) atoms. The quantitative estimate of drug-likeness (QED) is 0.240. The normalized spacial score (nSPS) is 11.6. The molecule has 1 amide bonds. The minimum absolute atomic E-state index is 0.146. The maximum absolute atomic E-state index is 12.6. The van der Waals surface area contributed by atoms with Gasteiger partial charge in [0.05, 0.1) is 24.7 Å². The van der Waals surface area contributed by atoms with Crippen molar-refractivity contribution in [2.75, 3.05) is 10.6 Å². The van der Waals surface area contributed by atoms with E-state index in [1.807, 2.05) is 50.2 Å². The molecule has 190 valence electrons. The second-order valence-electron chi connectivity index (χ2n) is 8.64. The fourth-order valence-corrected chi connectivity index (χ4v) is 5.07. The van der Waals surface area contributed by atoms with Gasteiger partial charge in [-0.3, -0.25) is 9.10 Å². The number of aryl methyl sites for hydroxylation is 1. The molecule has 4 rings (SSSR count). The molecule has 1 N–H and O–H groups in total. The molecule has 4 aromatic rings. The zero-order chi connectivity index (χ0) is 26.6. The second-order valence-corrected chi connectivity index (χ2v) is 11.0. The van der Waals surface area contributed by atoms with Gasteiger partial charge in [0.1, 0.15) is 0 Å². The van der Waals surface area contributed by atoms with Crippen LogP contribution >= 0.6 is 11.6 Å². The van der Waals surface area contributed by atoms with Crippen molar-refractivity contribution in [1.82, 2.24) is 9.99 Å². The van der Waals surface area contributed by atoms with Crippen molar-refractivity contribution in [3.8, 4) is 5.69 Å². The molecule has 0 bridgehead atoms. The van der Waals surface area contributed by atoms with E-state index in [1.165, 1.54) is 4.31 Å². The van der Waals surface area contributed by atoms with Crippen molar-refractivity contribution in [3.05, 3.63) is 118 Å². The number of hydrazone groups is 1. The fraction of sp³-hybridized carbons (Fsp3) is 0.143. The first-order valence-corrected chi connectivity index (χ1v) is 13.8. The van der Waals surface area contributed by atoms with Gasteiger partial charge in [0, 0.05) is 33.2 Å². The van der Waals surface area contributed by atoms with E-state index in [4.69, 9.17) is 11.6 Å². The van der Waals surface area contributed by atoms with Gasteiger partial charge < -0.3 is 4.57 Å². The predicted molar refractivity (Wildman–Crippen MR) is 149 cm³/mol. The number of anilines is 1. The molecule has 0 saturated heterocycles. The summed E-state index contributed by atoms with van der Waals surface area (Å²) >= 11 is 5.93. The van der Waals surface area contributed by atoms with Gasteiger partial charge in [-0.25, -0.2) is 13.8 Å². The Bertz CT molecular complexity index is 1530. The monoisotopic (exact) mass is 534 g/mol. The number of carbonyl (C=O) groups is 1. The Labute approximate surface area is 222 Å². The number of hydrogen-bond donors (Lipinski definition) is 1. The minimum atomic E-state index is -3.56. The highest BCUT2D eigenvalue weighted by Gasteiger charge is 2.18. The van der Waals surface area contributed by atoms with Crippen LogP contribution in [0.4, 0.5) is 5.69 Å². The van der Waals surface area contributed by atoms with Gasteiger partial charge in [0.2, 0.25) is 10.0 Å². The van der Waals surface area contributed by atoms with E-state index in [9.17, 15) is 13.2 Å².